The molecular weight excluding hydrogens is 369 g/mol. The number of anilines is 3. The molecule has 0 radical (unpaired) electrons. The molecule has 0 aliphatic heterocycles. The molecule has 3 rings (SSSR count). The molecule has 0 saturated heterocycles. The SMILES string of the molecule is CCc1ccc(Nc2cc(C)ncn2)cc1NC(=O)c1ccc(F)c(F)c1F. The number of amides is 1. The normalized spacial score (nSPS) is 10.6. The highest BCUT2D eigenvalue weighted by atomic mass is 19.2. The van der Waals surface area contributed by atoms with Gasteiger partial charge in [0.15, 0.2) is 17.5 Å². The zero-order valence-corrected chi connectivity index (χ0v) is 15.2. The smallest absolute Gasteiger partial charge is 0.258 e. The molecule has 0 fully saturated rings. The molecule has 28 heavy (non-hydrogen) atoms. The number of benzene rings is 2. The van der Waals surface area contributed by atoms with Gasteiger partial charge in [0.05, 0.1) is 5.56 Å². The van der Waals surface area contributed by atoms with Gasteiger partial charge in [-0.05, 0) is 43.2 Å². The molecule has 0 atom stereocenters. The number of halogens is 3. The van der Waals surface area contributed by atoms with E-state index in [4.69, 9.17) is 0 Å². The maximum absolute atomic E-state index is 13.9. The maximum Gasteiger partial charge on any atom is 0.258 e. The largest absolute Gasteiger partial charge is 0.340 e. The van der Waals surface area contributed by atoms with Crippen LogP contribution in [0.4, 0.5) is 30.4 Å². The lowest BCUT2D eigenvalue weighted by atomic mass is 10.1. The molecular formula is C20H17F3N4O. The number of carbonyl (C=O) groups excluding carboxylic acids is 1. The summed E-state index contributed by atoms with van der Waals surface area (Å²) in [7, 11) is 0. The van der Waals surface area contributed by atoms with Gasteiger partial charge < -0.3 is 10.6 Å². The molecule has 1 aromatic heterocycles. The van der Waals surface area contributed by atoms with E-state index in [2.05, 4.69) is 20.6 Å². The Hall–Kier alpha value is -3.42. The van der Waals surface area contributed by atoms with Gasteiger partial charge in [-0.1, -0.05) is 13.0 Å². The van der Waals surface area contributed by atoms with Crippen LogP contribution in [0.15, 0.2) is 42.7 Å². The molecule has 0 unspecified atom stereocenters. The minimum absolute atomic E-state index is 0.424. The third-order valence-electron chi connectivity index (χ3n) is 4.09. The number of rotatable bonds is 5. The topological polar surface area (TPSA) is 66.9 Å². The van der Waals surface area contributed by atoms with Crippen molar-refractivity contribution in [2.75, 3.05) is 10.6 Å². The van der Waals surface area contributed by atoms with E-state index in [-0.39, 0.29) is 0 Å². The Morgan fingerprint density at radius 1 is 1.04 bits per heavy atom. The van der Waals surface area contributed by atoms with Gasteiger partial charge in [-0.25, -0.2) is 23.1 Å². The number of nitrogens with zero attached hydrogens (tertiary/aromatic N) is 2. The van der Waals surface area contributed by atoms with Gasteiger partial charge in [0.2, 0.25) is 0 Å². The third kappa shape index (κ3) is 4.11. The van der Waals surface area contributed by atoms with Crippen molar-refractivity contribution in [1.82, 2.24) is 9.97 Å². The van der Waals surface area contributed by atoms with Crippen molar-refractivity contribution < 1.29 is 18.0 Å². The van der Waals surface area contributed by atoms with Crippen molar-refractivity contribution in [3.63, 3.8) is 0 Å². The van der Waals surface area contributed by atoms with Gasteiger partial charge in [-0.2, -0.15) is 0 Å². The summed E-state index contributed by atoms with van der Waals surface area (Å²) < 4.78 is 40.4. The molecule has 0 bridgehead atoms. The lowest BCUT2D eigenvalue weighted by Gasteiger charge is -2.14. The highest BCUT2D eigenvalue weighted by molar-refractivity contribution is 6.05. The van der Waals surface area contributed by atoms with Crippen molar-refractivity contribution in [3.8, 4) is 0 Å². The number of hydrogen-bond donors (Lipinski definition) is 2. The van der Waals surface area contributed by atoms with Crippen LogP contribution in [0.5, 0.6) is 0 Å². The Morgan fingerprint density at radius 2 is 1.82 bits per heavy atom. The molecule has 0 spiro atoms. The quantitative estimate of drug-likeness (QED) is 0.621. The summed E-state index contributed by atoms with van der Waals surface area (Å²) in [5, 5.41) is 5.65. The molecule has 144 valence electrons. The van der Waals surface area contributed by atoms with Crippen LogP contribution >= 0.6 is 0 Å². The van der Waals surface area contributed by atoms with Crippen molar-refractivity contribution >= 4 is 23.1 Å². The molecule has 0 aliphatic carbocycles. The molecule has 8 heteroatoms. The van der Waals surface area contributed by atoms with Crippen LogP contribution in [-0.4, -0.2) is 15.9 Å². The zero-order chi connectivity index (χ0) is 20.3. The first-order valence-electron chi connectivity index (χ1n) is 8.52. The van der Waals surface area contributed by atoms with Crippen LogP contribution in [0.3, 0.4) is 0 Å². The van der Waals surface area contributed by atoms with E-state index in [1.165, 1.54) is 6.33 Å². The Bertz CT molecular complexity index is 1040. The highest BCUT2D eigenvalue weighted by Crippen LogP contribution is 2.25. The summed E-state index contributed by atoms with van der Waals surface area (Å²) >= 11 is 0. The minimum Gasteiger partial charge on any atom is -0.340 e. The van der Waals surface area contributed by atoms with Crippen LogP contribution < -0.4 is 10.6 Å². The summed E-state index contributed by atoms with van der Waals surface area (Å²) in [5.74, 6) is -4.87. The first-order chi connectivity index (χ1) is 13.4. The second-order valence-corrected chi connectivity index (χ2v) is 6.07. The molecule has 1 heterocycles. The average Bonchev–Trinajstić information content (AvgIpc) is 2.66. The number of aryl methyl sites for hydroxylation is 2. The molecule has 0 aliphatic rings. The molecule has 0 saturated carbocycles. The fourth-order valence-electron chi connectivity index (χ4n) is 2.64. The Kier molecular flexibility index (Phi) is 5.58. The minimum atomic E-state index is -1.68. The number of hydrogen-bond acceptors (Lipinski definition) is 4. The predicted octanol–water partition coefficient (Wildman–Crippen LogP) is 4.76. The van der Waals surface area contributed by atoms with Gasteiger partial charge in [0, 0.05) is 23.1 Å². The van der Waals surface area contributed by atoms with Gasteiger partial charge in [-0.3, -0.25) is 4.79 Å². The fourth-order valence-corrected chi connectivity index (χ4v) is 2.64. The number of aromatic nitrogens is 2. The molecule has 2 aromatic carbocycles. The van der Waals surface area contributed by atoms with Crippen LogP contribution in [0, 0.1) is 24.4 Å². The average molecular weight is 386 g/mol. The Balaban J connectivity index is 1.88. The van der Waals surface area contributed by atoms with Crippen LogP contribution in [0.25, 0.3) is 0 Å². The standard InChI is InChI=1S/C20H17F3N4O/c1-3-12-4-5-13(26-17-8-11(2)24-10-25-17)9-16(12)27-20(28)14-6-7-15(21)19(23)18(14)22/h4-10H,3H2,1-2H3,(H,27,28)(H,24,25,26). The van der Waals surface area contributed by atoms with E-state index in [1.807, 2.05) is 19.9 Å². The molecule has 1 amide bonds. The number of nitrogens with one attached hydrogen (secondary N) is 2. The van der Waals surface area contributed by atoms with E-state index in [1.54, 1.807) is 18.2 Å². The fraction of sp³-hybridized carbons (Fsp3) is 0.150. The van der Waals surface area contributed by atoms with Gasteiger partial charge >= 0.3 is 0 Å². The van der Waals surface area contributed by atoms with Gasteiger partial charge in [0.25, 0.3) is 5.91 Å². The maximum atomic E-state index is 13.9. The number of carbonyl (C=O) groups is 1. The summed E-state index contributed by atoms with van der Waals surface area (Å²) in [6.45, 7) is 3.72. The summed E-state index contributed by atoms with van der Waals surface area (Å²) in [5.41, 5.74) is 2.06. The monoisotopic (exact) mass is 386 g/mol. The van der Waals surface area contributed by atoms with Crippen molar-refractivity contribution in [1.29, 1.82) is 0 Å². The summed E-state index contributed by atoms with van der Waals surface area (Å²) in [4.78, 5) is 20.5. The predicted molar refractivity (Wildman–Crippen MR) is 100 cm³/mol. The summed E-state index contributed by atoms with van der Waals surface area (Å²) in [6.07, 6.45) is 2.02. The van der Waals surface area contributed by atoms with E-state index < -0.39 is 28.9 Å². The Labute approximate surface area is 159 Å². The molecule has 2 N–H and O–H groups in total. The van der Waals surface area contributed by atoms with E-state index >= 15 is 0 Å². The first-order valence-corrected chi connectivity index (χ1v) is 8.52. The second kappa shape index (κ2) is 8.08. The lowest BCUT2D eigenvalue weighted by Crippen LogP contribution is -2.16. The van der Waals surface area contributed by atoms with E-state index in [0.717, 1.165) is 17.3 Å². The van der Waals surface area contributed by atoms with Gasteiger partial charge in [-0.15, -0.1) is 0 Å². The first kappa shape index (κ1) is 19.3. The zero-order valence-electron chi connectivity index (χ0n) is 15.2. The van der Waals surface area contributed by atoms with Gasteiger partial charge in [0.1, 0.15) is 12.1 Å². The van der Waals surface area contributed by atoms with Crippen LogP contribution in [-0.2, 0) is 6.42 Å². The van der Waals surface area contributed by atoms with E-state index in [0.29, 0.717) is 29.7 Å². The van der Waals surface area contributed by atoms with Crippen molar-refractivity contribution in [3.05, 3.63) is 77.0 Å². The van der Waals surface area contributed by atoms with Crippen LogP contribution in [0.1, 0.15) is 28.5 Å². The Morgan fingerprint density at radius 3 is 2.54 bits per heavy atom. The van der Waals surface area contributed by atoms with Crippen molar-refractivity contribution in [2.45, 2.75) is 20.3 Å². The van der Waals surface area contributed by atoms with Crippen molar-refractivity contribution in [2.24, 2.45) is 0 Å². The third-order valence-corrected chi connectivity index (χ3v) is 4.09. The van der Waals surface area contributed by atoms with Crippen LogP contribution in [0.2, 0.25) is 0 Å². The lowest BCUT2D eigenvalue weighted by molar-refractivity contribution is 0.102. The molecule has 5 nitrogen and oxygen atoms in total. The van der Waals surface area contributed by atoms with E-state index in [9.17, 15) is 18.0 Å². The highest BCUT2D eigenvalue weighted by Gasteiger charge is 2.19. The summed E-state index contributed by atoms with van der Waals surface area (Å²) in [6, 6.07) is 8.64. The molecule has 3 aromatic rings. The second-order valence-electron chi connectivity index (χ2n) is 6.07.